The van der Waals surface area contributed by atoms with Crippen molar-refractivity contribution in [1.82, 2.24) is 30.5 Å². The number of nitrogens with zero attached hydrogens (tertiary/aromatic N) is 4. The Morgan fingerprint density at radius 3 is 2.22 bits per heavy atom. The summed E-state index contributed by atoms with van der Waals surface area (Å²) in [5.74, 6) is -0.968. The number of rotatable bonds is 9. The Kier molecular flexibility index (Phi) is 8.72. The molecule has 5 rings (SSSR count). The number of hydrogen-bond acceptors (Lipinski definition) is 8. The van der Waals surface area contributed by atoms with Gasteiger partial charge < -0.3 is 19.4 Å². The molecule has 234 valence electrons. The van der Waals surface area contributed by atoms with E-state index in [0.29, 0.717) is 17.9 Å². The quantitative estimate of drug-likeness (QED) is 0.206. The molecule has 5 aromatic rings. The molecule has 2 heterocycles. The van der Waals surface area contributed by atoms with Gasteiger partial charge in [-0.3, -0.25) is 9.59 Å². The second kappa shape index (κ2) is 12.5. The lowest BCUT2D eigenvalue weighted by atomic mass is 10.1. The van der Waals surface area contributed by atoms with Crippen LogP contribution in [0, 0.1) is 0 Å². The van der Waals surface area contributed by atoms with Crippen molar-refractivity contribution < 1.29 is 23.9 Å². The zero-order valence-corrected chi connectivity index (χ0v) is 26.4. The van der Waals surface area contributed by atoms with E-state index >= 15 is 0 Å². The molecule has 0 spiro atoms. The Balaban J connectivity index is 1.33. The molecule has 45 heavy (non-hydrogen) atoms. The van der Waals surface area contributed by atoms with Crippen molar-refractivity contribution in [2.24, 2.45) is 0 Å². The molecule has 0 aliphatic carbocycles. The number of aromatic nitrogens is 5. The molecule has 11 heteroatoms. The van der Waals surface area contributed by atoms with E-state index in [2.05, 4.69) is 54.8 Å². The van der Waals surface area contributed by atoms with E-state index in [9.17, 15) is 14.4 Å². The number of nitrogens with one attached hydrogen (secondary N) is 2. The van der Waals surface area contributed by atoms with E-state index in [1.807, 2.05) is 30.3 Å². The molecule has 0 aliphatic rings. The summed E-state index contributed by atoms with van der Waals surface area (Å²) in [6.45, 7) is 11.1. The van der Waals surface area contributed by atoms with Gasteiger partial charge in [-0.1, -0.05) is 30.3 Å². The molecule has 1 unspecified atom stereocenters. The molecular weight excluding hydrogens is 572 g/mol. The van der Waals surface area contributed by atoms with Crippen molar-refractivity contribution in [3.05, 3.63) is 77.9 Å². The zero-order valence-electron chi connectivity index (χ0n) is 26.4. The maximum Gasteiger partial charge on any atom is 0.329 e. The van der Waals surface area contributed by atoms with Crippen LogP contribution in [0.15, 0.2) is 66.7 Å². The van der Waals surface area contributed by atoms with Gasteiger partial charge in [-0.2, -0.15) is 5.21 Å². The van der Waals surface area contributed by atoms with E-state index in [-0.39, 0.29) is 12.8 Å². The summed E-state index contributed by atoms with van der Waals surface area (Å²) in [7, 11) is 0. The molecule has 0 saturated carbocycles. The van der Waals surface area contributed by atoms with Crippen LogP contribution in [0.5, 0.6) is 0 Å². The third-order valence-electron chi connectivity index (χ3n) is 6.99. The number of tetrazole rings is 1. The topological polar surface area (TPSA) is 141 Å². The van der Waals surface area contributed by atoms with Gasteiger partial charge >= 0.3 is 11.9 Å². The Labute approximate surface area is 261 Å². The van der Waals surface area contributed by atoms with Crippen LogP contribution in [0.25, 0.3) is 33.2 Å². The SMILES string of the molecule is CC(C)(C)OC(=O)CCC(NC(=O)c1ccc(Cn2c3ccccc3c3cc(-c4nn[nH]n4)ccc32)cc1)C(=O)OC(C)(C)C. The Morgan fingerprint density at radius 2 is 1.56 bits per heavy atom. The van der Waals surface area contributed by atoms with E-state index in [0.717, 1.165) is 32.9 Å². The van der Waals surface area contributed by atoms with Crippen LogP contribution in [-0.2, 0) is 25.6 Å². The first-order valence-corrected chi connectivity index (χ1v) is 14.9. The van der Waals surface area contributed by atoms with Crippen LogP contribution in [0.2, 0.25) is 0 Å². The normalized spacial score (nSPS) is 12.7. The van der Waals surface area contributed by atoms with Crippen LogP contribution < -0.4 is 5.32 Å². The summed E-state index contributed by atoms with van der Waals surface area (Å²) in [6, 6.07) is 20.5. The van der Waals surface area contributed by atoms with Crippen molar-refractivity contribution >= 4 is 39.7 Å². The number of aromatic amines is 1. The largest absolute Gasteiger partial charge is 0.460 e. The standard InChI is InChI=1S/C34H38N6O5/c1-33(2,3)44-29(41)18-16-26(32(43)45-34(4,5)6)35-31(42)22-13-11-21(12-14-22)20-40-27-10-8-7-9-24(27)25-19-23(15-17-28(25)40)30-36-38-39-37-30/h7-15,17,19,26H,16,18,20H2,1-6H3,(H,35,42)(H,36,37,38,39). The first-order valence-electron chi connectivity index (χ1n) is 14.9. The predicted octanol–water partition coefficient (Wildman–Crippen LogP) is 5.58. The van der Waals surface area contributed by atoms with Gasteiger partial charge in [0.15, 0.2) is 0 Å². The smallest absolute Gasteiger partial charge is 0.329 e. The van der Waals surface area contributed by atoms with E-state index in [4.69, 9.17) is 9.47 Å². The Bertz CT molecular complexity index is 1830. The number of ether oxygens (including phenoxy) is 2. The van der Waals surface area contributed by atoms with Gasteiger partial charge in [0.1, 0.15) is 17.2 Å². The van der Waals surface area contributed by atoms with Crippen molar-refractivity contribution in [2.45, 2.75) is 78.2 Å². The van der Waals surface area contributed by atoms with Crippen LogP contribution in [0.3, 0.4) is 0 Å². The Morgan fingerprint density at radius 1 is 0.867 bits per heavy atom. The van der Waals surface area contributed by atoms with Crippen molar-refractivity contribution in [2.75, 3.05) is 0 Å². The number of fused-ring (bicyclic) bond motifs is 3. The number of carbonyl (C=O) groups excluding carboxylic acids is 3. The highest BCUT2D eigenvalue weighted by Crippen LogP contribution is 2.32. The minimum absolute atomic E-state index is 0.0459. The molecule has 11 nitrogen and oxygen atoms in total. The van der Waals surface area contributed by atoms with Gasteiger partial charge in [-0.25, -0.2) is 4.79 Å². The third kappa shape index (κ3) is 7.72. The molecule has 3 aromatic carbocycles. The van der Waals surface area contributed by atoms with Gasteiger partial charge in [0, 0.05) is 45.9 Å². The van der Waals surface area contributed by atoms with E-state index in [1.165, 1.54) is 0 Å². The number of benzene rings is 3. The summed E-state index contributed by atoms with van der Waals surface area (Å²) in [5.41, 5.74) is 2.96. The van der Waals surface area contributed by atoms with Crippen LogP contribution in [0.4, 0.5) is 0 Å². The van der Waals surface area contributed by atoms with E-state index < -0.39 is 35.1 Å². The molecule has 1 amide bonds. The lowest BCUT2D eigenvalue weighted by Crippen LogP contribution is -2.44. The number of para-hydroxylation sites is 1. The number of esters is 2. The maximum absolute atomic E-state index is 13.2. The number of H-pyrrole nitrogens is 1. The van der Waals surface area contributed by atoms with Gasteiger partial charge in [0.2, 0.25) is 5.82 Å². The molecule has 2 N–H and O–H groups in total. The average molecular weight is 611 g/mol. The number of amides is 1. The van der Waals surface area contributed by atoms with Gasteiger partial charge in [-0.15, -0.1) is 10.2 Å². The summed E-state index contributed by atoms with van der Waals surface area (Å²) in [4.78, 5) is 38.5. The lowest BCUT2D eigenvalue weighted by molar-refractivity contribution is -0.158. The van der Waals surface area contributed by atoms with Crippen LogP contribution in [-0.4, -0.2) is 60.3 Å². The second-order valence-corrected chi connectivity index (χ2v) is 13.0. The molecular formula is C34H38N6O5. The first kappa shape index (κ1) is 31.4. The molecule has 0 bridgehead atoms. The van der Waals surface area contributed by atoms with Crippen molar-refractivity contribution in [3.63, 3.8) is 0 Å². The minimum Gasteiger partial charge on any atom is -0.460 e. The minimum atomic E-state index is -1.01. The monoisotopic (exact) mass is 610 g/mol. The van der Waals surface area contributed by atoms with E-state index in [1.54, 1.807) is 53.7 Å². The zero-order chi connectivity index (χ0) is 32.4. The molecule has 0 aliphatic heterocycles. The highest BCUT2D eigenvalue weighted by molar-refractivity contribution is 6.09. The maximum atomic E-state index is 13.2. The predicted molar refractivity (Wildman–Crippen MR) is 170 cm³/mol. The number of carbonyl (C=O) groups is 3. The fourth-order valence-corrected chi connectivity index (χ4v) is 5.11. The van der Waals surface area contributed by atoms with Gasteiger partial charge in [-0.05, 0) is 95.1 Å². The first-order chi connectivity index (χ1) is 21.3. The number of hydrogen-bond donors (Lipinski definition) is 2. The average Bonchev–Trinajstić information content (AvgIpc) is 3.61. The lowest BCUT2D eigenvalue weighted by Gasteiger charge is -2.25. The highest BCUT2D eigenvalue weighted by Gasteiger charge is 2.28. The highest BCUT2D eigenvalue weighted by atomic mass is 16.6. The molecule has 2 aromatic heterocycles. The summed E-state index contributed by atoms with van der Waals surface area (Å²) < 4.78 is 13.1. The second-order valence-electron chi connectivity index (χ2n) is 13.0. The fourth-order valence-electron chi connectivity index (χ4n) is 5.11. The summed E-state index contributed by atoms with van der Waals surface area (Å²) in [6.07, 6.45) is 0.00559. The van der Waals surface area contributed by atoms with Crippen molar-refractivity contribution in [1.29, 1.82) is 0 Å². The third-order valence-corrected chi connectivity index (χ3v) is 6.99. The van der Waals surface area contributed by atoms with Crippen molar-refractivity contribution in [3.8, 4) is 11.4 Å². The molecule has 0 radical (unpaired) electrons. The Hall–Kier alpha value is -5.06. The molecule has 0 fully saturated rings. The van der Waals surface area contributed by atoms with Gasteiger partial charge in [0.25, 0.3) is 5.91 Å². The summed E-state index contributed by atoms with van der Waals surface area (Å²) >= 11 is 0. The molecule has 0 saturated heterocycles. The van der Waals surface area contributed by atoms with Crippen LogP contribution >= 0.6 is 0 Å². The van der Waals surface area contributed by atoms with Gasteiger partial charge in [0.05, 0.1) is 0 Å². The van der Waals surface area contributed by atoms with Crippen LogP contribution in [0.1, 0.15) is 70.3 Å². The summed E-state index contributed by atoms with van der Waals surface area (Å²) in [5, 5.41) is 19.3. The molecule has 1 atom stereocenters. The fraction of sp³-hybridized carbons (Fsp3) is 0.353.